The van der Waals surface area contributed by atoms with Gasteiger partial charge in [0.15, 0.2) is 12.4 Å². The molecule has 5 bridgehead atoms. The van der Waals surface area contributed by atoms with Crippen LogP contribution < -0.4 is 14.8 Å². The van der Waals surface area contributed by atoms with Gasteiger partial charge in [0.05, 0.1) is 41.2 Å². The maximum Gasteiger partial charge on any atom is 0.312 e. The van der Waals surface area contributed by atoms with Crippen LogP contribution in [0.3, 0.4) is 0 Å². The third kappa shape index (κ3) is 8.92. The molecule has 2 aromatic carbocycles. The van der Waals surface area contributed by atoms with Gasteiger partial charge in [-0.15, -0.1) is 0 Å². The lowest BCUT2D eigenvalue weighted by molar-refractivity contribution is -0.160. The summed E-state index contributed by atoms with van der Waals surface area (Å²) in [7, 11) is 1.44. The first kappa shape index (κ1) is 45.0. The highest BCUT2D eigenvalue weighted by atomic mass is 16.7. The number of benzene rings is 2. The number of ether oxygens (including phenoxy) is 5. The van der Waals surface area contributed by atoms with Crippen LogP contribution in [0.1, 0.15) is 78.2 Å². The number of carbonyl (C=O) groups excluding carboxylic acids is 4. The molecule has 4 aliphatic rings. The van der Waals surface area contributed by atoms with Crippen molar-refractivity contribution < 1.29 is 63.3 Å². The van der Waals surface area contributed by atoms with Gasteiger partial charge in [0.2, 0.25) is 0 Å². The van der Waals surface area contributed by atoms with Gasteiger partial charge >= 0.3 is 11.8 Å². The van der Waals surface area contributed by atoms with E-state index in [0.717, 1.165) is 0 Å². The van der Waals surface area contributed by atoms with Gasteiger partial charge < -0.3 is 54.3 Å². The first-order valence-corrected chi connectivity index (χ1v) is 19.8. The van der Waals surface area contributed by atoms with Crippen LogP contribution in [0.25, 0.3) is 10.8 Å². The number of hydrogen-bond acceptors (Lipinski definition) is 13. The molecule has 0 aromatic heterocycles. The fourth-order valence-electron chi connectivity index (χ4n) is 8.14. The van der Waals surface area contributed by atoms with E-state index in [4.69, 9.17) is 23.7 Å². The highest BCUT2D eigenvalue weighted by Gasteiger charge is 2.50. The molecule has 1 saturated heterocycles. The Morgan fingerprint density at radius 3 is 2.22 bits per heavy atom. The number of methoxy groups -OCH3 is 1. The summed E-state index contributed by atoms with van der Waals surface area (Å²) in [5.41, 5.74) is -0.0391. The number of allylic oxidation sites excluding steroid dienone is 2. The molecule has 2 aromatic rings. The van der Waals surface area contributed by atoms with Crippen molar-refractivity contribution in [2.45, 2.75) is 99.4 Å². The van der Waals surface area contributed by atoms with Crippen LogP contribution >= 0.6 is 0 Å². The van der Waals surface area contributed by atoms with E-state index in [1.165, 1.54) is 59.3 Å². The molecule has 9 unspecified atom stereocenters. The normalized spacial score (nSPS) is 31.4. The molecule has 9 atom stereocenters. The van der Waals surface area contributed by atoms with Crippen molar-refractivity contribution in [3.8, 4) is 23.0 Å². The molecule has 0 saturated carbocycles. The average Bonchev–Trinajstić information content (AvgIpc) is 3.43. The zero-order chi connectivity index (χ0) is 43.9. The Morgan fingerprint density at radius 2 is 1.61 bits per heavy atom. The Bertz CT molecular complexity index is 2080. The number of nitrogens with one attached hydrogen (secondary N) is 1. The summed E-state index contributed by atoms with van der Waals surface area (Å²) in [6, 6.07) is 1.28. The topological polar surface area (TPSA) is 211 Å². The second-order valence-electron chi connectivity index (χ2n) is 17.1. The van der Waals surface area contributed by atoms with Crippen LogP contribution in [0.4, 0.5) is 5.69 Å². The van der Waals surface area contributed by atoms with Crippen molar-refractivity contribution >= 4 is 40.0 Å². The van der Waals surface area contributed by atoms with Crippen molar-refractivity contribution in [3.05, 3.63) is 53.3 Å². The van der Waals surface area contributed by atoms with Gasteiger partial charge in [-0.05, 0) is 25.3 Å². The Hall–Kier alpha value is -5.12. The smallest absolute Gasteiger partial charge is 0.312 e. The number of hydrogen-bond donors (Lipinski definition) is 5. The second kappa shape index (κ2) is 17.2. The molecule has 0 aliphatic carbocycles. The van der Waals surface area contributed by atoms with Crippen molar-refractivity contribution in [2.75, 3.05) is 32.1 Å². The predicted octanol–water partition coefficient (Wildman–Crippen LogP) is 5.30. The molecule has 2 amide bonds. The molecule has 15 nitrogen and oxygen atoms in total. The van der Waals surface area contributed by atoms with E-state index in [1.54, 1.807) is 44.7 Å². The molecule has 1 fully saturated rings. The van der Waals surface area contributed by atoms with Crippen molar-refractivity contribution in [3.63, 3.8) is 0 Å². The second-order valence-corrected chi connectivity index (χ2v) is 17.1. The van der Waals surface area contributed by atoms with Crippen LogP contribution in [0.2, 0.25) is 0 Å². The molecule has 322 valence electrons. The molecular formula is C44H58N2O13. The van der Waals surface area contributed by atoms with Gasteiger partial charge in [-0.1, -0.05) is 59.8 Å². The van der Waals surface area contributed by atoms with Crippen molar-refractivity contribution in [1.29, 1.82) is 0 Å². The number of aromatic hydroxyl groups is 2. The Morgan fingerprint density at radius 1 is 0.949 bits per heavy atom. The van der Waals surface area contributed by atoms with Crippen LogP contribution in [-0.4, -0.2) is 106 Å². The molecule has 59 heavy (non-hydrogen) atoms. The standard InChI is InChI=1S/C44H58N2O13/c1-21-13-12-14-22(2)42(54)45-28-17-30(56-18-31(48)46-19-43(8,9)20-46)32-33(38(28)52)37(51)26(6)40-34(32)41(53)44(10,59-40)57-16-15-29(55-11)23(3)39(58-27(7)47)25(5)36(50)24(4)35(21)49/h12-17,21,23-25,29,35-36,39,49-52H,18-20H2,1-11H3,(H,45,54)/b13-12?,16-15+,22-14+. The number of phenols is 2. The summed E-state index contributed by atoms with van der Waals surface area (Å²) in [5.74, 6) is -7.93. The highest BCUT2D eigenvalue weighted by molar-refractivity contribution is 6.21. The van der Waals surface area contributed by atoms with Gasteiger partial charge in [0.1, 0.15) is 23.4 Å². The van der Waals surface area contributed by atoms with Gasteiger partial charge in [-0.25, -0.2) is 0 Å². The van der Waals surface area contributed by atoms with Crippen LogP contribution in [0.5, 0.6) is 23.0 Å². The molecule has 0 radical (unpaired) electrons. The molecule has 6 rings (SSSR count). The molecule has 0 spiro atoms. The van der Waals surface area contributed by atoms with E-state index in [-0.39, 0.29) is 56.0 Å². The number of phenolic OH excluding ortho intramolecular Hbond substituents is 2. The Balaban J connectivity index is 1.65. The number of fused-ring (bicyclic) bond motifs is 14. The van der Waals surface area contributed by atoms with E-state index in [9.17, 15) is 39.6 Å². The number of amides is 2. The molecule has 4 aliphatic heterocycles. The van der Waals surface area contributed by atoms with Crippen molar-refractivity contribution in [2.24, 2.45) is 29.1 Å². The number of ketones is 1. The zero-order valence-electron chi connectivity index (χ0n) is 35.6. The van der Waals surface area contributed by atoms with E-state index >= 15 is 0 Å². The number of carbonyl (C=O) groups is 4. The summed E-state index contributed by atoms with van der Waals surface area (Å²) in [4.78, 5) is 55.2. The van der Waals surface area contributed by atoms with Gasteiger partial charge in [0, 0.05) is 80.3 Å². The number of Topliss-reactive ketones (excluding diaryl/α,β-unsaturated/α-hetero) is 1. The lowest BCUT2D eigenvalue weighted by Gasteiger charge is -2.45. The van der Waals surface area contributed by atoms with Crippen molar-refractivity contribution in [1.82, 2.24) is 4.90 Å². The summed E-state index contributed by atoms with van der Waals surface area (Å²) in [5, 5.41) is 48.5. The monoisotopic (exact) mass is 822 g/mol. The fraction of sp³-hybridized carbons (Fsp3) is 0.545. The maximum atomic E-state index is 14.5. The molecule has 4 heterocycles. The number of aliphatic hydroxyl groups is 2. The van der Waals surface area contributed by atoms with E-state index in [0.29, 0.717) is 13.1 Å². The SMILES string of the molecule is COC1/C=C/OC2(C)Oc3c(C)c(O)c4c(O)c(cc(OCC(=O)N5CC(C)(C)C5)c4c3C2=O)NC(=O)/C(C)=C/C=CC(C)C(O)C(C)C(O)C(C)C(OC(C)=O)C1C. The number of aliphatic hydroxyl groups excluding tert-OH is 2. The minimum atomic E-state index is -2.02. The Labute approximate surface area is 344 Å². The largest absolute Gasteiger partial charge is 0.507 e. The van der Waals surface area contributed by atoms with Crippen LogP contribution in [0.15, 0.2) is 42.2 Å². The lowest BCUT2D eigenvalue weighted by Crippen LogP contribution is -2.56. The highest BCUT2D eigenvalue weighted by Crippen LogP contribution is 2.54. The van der Waals surface area contributed by atoms with E-state index in [1.807, 2.05) is 13.8 Å². The third-order valence-electron chi connectivity index (χ3n) is 11.8. The molecule has 15 heteroatoms. The third-order valence-corrected chi connectivity index (χ3v) is 11.8. The minimum absolute atomic E-state index is 0.0518. The molecule has 5 N–H and O–H groups in total. The summed E-state index contributed by atoms with van der Waals surface area (Å²) < 4.78 is 29.8. The first-order valence-electron chi connectivity index (χ1n) is 19.8. The number of likely N-dealkylation sites (tertiary alicyclic amines) is 1. The van der Waals surface area contributed by atoms with Gasteiger partial charge in [0.25, 0.3) is 17.6 Å². The summed E-state index contributed by atoms with van der Waals surface area (Å²) in [6.07, 6.45) is 3.62. The zero-order valence-corrected chi connectivity index (χ0v) is 35.6. The minimum Gasteiger partial charge on any atom is -0.507 e. The number of nitrogens with zero attached hydrogens (tertiary/aromatic N) is 1. The number of anilines is 1. The fourth-order valence-corrected chi connectivity index (χ4v) is 8.14. The van der Waals surface area contributed by atoms with Crippen LogP contribution in [0, 0.1) is 36.0 Å². The first-order chi connectivity index (χ1) is 27.5. The predicted molar refractivity (Wildman–Crippen MR) is 218 cm³/mol. The number of esters is 1. The summed E-state index contributed by atoms with van der Waals surface area (Å²) >= 11 is 0. The Kier molecular flexibility index (Phi) is 13.1. The summed E-state index contributed by atoms with van der Waals surface area (Å²) in [6.45, 7) is 17.2. The average molecular weight is 823 g/mol. The molecular weight excluding hydrogens is 764 g/mol. The lowest BCUT2D eigenvalue weighted by atomic mass is 9.78. The quantitative estimate of drug-likeness (QED) is 0.192. The van der Waals surface area contributed by atoms with Gasteiger partial charge in [-0.3, -0.25) is 19.2 Å². The maximum absolute atomic E-state index is 14.5. The van der Waals surface area contributed by atoms with E-state index < -0.39 is 89.6 Å². The van der Waals surface area contributed by atoms with E-state index in [2.05, 4.69) is 5.32 Å². The van der Waals surface area contributed by atoms with Crippen LogP contribution in [-0.2, 0) is 28.6 Å². The number of rotatable bonds is 5. The van der Waals surface area contributed by atoms with Gasteiger partial charge in [-0.2, -0.15) is 0 Å².